The second-order valence-electron chi connectivity index (χ2n) is 6.32. The van der Waals surface area contributed by atoms with Crippen molar-refractivity contribution in [2.45, 2.75) is 20.0 Å². The smallest absolute Gasteiger partial charge is 0.254 e. The van der Waals surface area contributed by atoms with E-state index in [0.29, 0.717) is 43.0 Å². The zero-order valence-corrected chi connectivity index (χ0v) is 15.9. The van der Waals surface area contributed by atoms with Gasteiger partial charge < -0.3 is 25.8 Å². The van der Waals surface area contributed by atoms with E-state index in [4.69, 9.17) is 15.2 Å². The molecule has 3 heterocycles. The first kappa shape index (κ1) is 18.5. The highest BCUT2D eigenvalue weighted by Crippen LogP contribution is 2.34. The highest BCUT2D eigenvalue weighted by Gasteiger charge is 2.17. The molecule has 2 aromatic heterocycles. The zero-order chi connectivity index (χ0) is 20.2. The highest BCUT2D eigenvalue weighted by molar-refractivity contribution is 5.97. The Morgan fingerprint density at radius 3 is 2.93 bits per heavy atom. The second-order valence-corrected chi connectivity index (χ2v) is 6.32. The molecule has 0 spiro atoms. The topological polar surface area (TPSA) is 129 Å². The van der Waals surface area contributed by atoms with Gasteiger partial charge in [-0.05, 0) is 13.0 Å². The molecule has 0 atom stereocenters. The lowest BCUT2D eigenvalue weighted by molar-refractivity contribution is 0.100. The quantitative estimate of drug-likeness (QED) is 0.553. The molecule has 0 aliphatic carbocycles. The number of aryl methyl sites for hydroxylation is 1. The Kier molecular flexibility index (Phi) is 5.14. The predicted molar refractivity (Wildman–Crippen MR) is 106 cm³/mol. The summed E-state index contributed by atoms with van der Waals surface area (Å²) in [4.78, 5) is 20.4. The fourth-order valence-corrected chi connectivity index (χ4v) is 2.94. The number of amides is 1. The van der Waals surface area contributed by atoms with Crippen molar-refractivity contribution in [2.24, 2.45) is 5.73 Å². The molecule has 0 saturated heterocycles. The number of anilines is 3. The third-order valence-electron chi connectivity index (χ3n) is 4.36. The number of hydrogen-bond donors (Lipinski definition) is 3. The number of ether oxygens (including phenoxy) is 2. The van der Waals surface area contributed by atoms with Crippen molar-refractivity contribution >= 4 is 23.4 Å². The van der Waals surface area contributed by atoms with Crippen LogP contribution in [0.1, 0.15) is 22.8 Å². The Morgan fingerprint density at radius 2 is 2.14 bits per heavy atom. The average molecular weight is 395 g/mol. The fourth-order valence-electron chi connectivity index (χ4n) is 2.94. The van der Waals surface area contributed by atoms with Crippen LogP contribution in [0.5, 0.6) is 11.5 Å². The fraction of sp³-hybridized carbons (Fsp3) is 0.263. The van der Waals surface area contributed by atoms with Crippen LogP contribution in [0.2, 0.25) is 0 Å². The number of carbonyl (C=O) groups excluding carboxylic acids is 1. The molecule has 1 amide bonds. The molecule has 0 bridgehead atoms. The van der Waals surface area contributed by atoms with Gasteiger partial charge in [-0.2, -0.15) is 10.1 Å². The summed E-state index contributed by atoms with van der Waals surface area (Å²) in [6, 6.07) is 5.66. The number of para-hydroxylation sites is 1. The van der Waals surface area contributed by atoms with Crippen LogP contribution < -0.4 is 25.8 Å². The molecular weight excluding hydrogens is 374 g/mol. The van der Waals surface area contributed by atoms with Crippen molar-refractivity contribution in [1.29, 1.82) is 0 Å². The van der Waals surface area contributed by atoms with E-state index >= 15 is 0 Å². The molecule has 0 radical (unpaired) electrons. The number of nitrogens with one attached hydrogen (secondary N) is 2. The molecule has 150 valence electrons. The lowest BCUT2D eigenvalue weighted by atomic mass is 10.1. The molecule has 4 N–H and O–H groups in total. The van der Waals surface area contributed by atoms with Crippen LogP contribution in [0, 0.1) is 0 Å². The number of rotatable bonds is 7. The van der Waals surface area contributed by atoms with E-state index in [1.54, 1.807) is 10.9 Å². The maximum absolute atomic E-state index is 11.8. The molecule has 0 unspecified atom stereocenters. The number of carbonyl (C=O) groups is 1. The summed E-state index contributed by atoms with van der Waals surface area (Å²) in [5, 5.41) is 10.4. The molecule has 10 heteroatoms. The Bertz CT molecular complexity index is 1030. The minimum atomic E-state index is -0.618. The molecule has 4 rings (SSSR count). The number of aromatic nitrogens is 4. The van der Waals surface area contributed by atoms with Gasteiger partial charge in [-0.1, -0.05) is 12.1 Å². The number of fused-ring (bicyclic) bond motifs is 1. The summed E-state index contributed by atoms with van der Waals surface area (Å²) in [7, 11) is 0. The minimum absolute atomic E-state index is 0.196. The van der Waals surface area contributed by atoms with Gasteiger partial charge in [0.05, 0.1) is 17.4 Å². The van der Waals surface area contributed by atoms with E-state index < -0.39 is 5.91 Å². The van der Waals surface area contributed by atoms with Crippen LogP contribution in [0.15, 0.2) is 36.8 Å². The monoisotopic (exact) mass is 395 g/mol. The van der Waals surface area contributed by atoms with Crippen molar-refractivity contribution in [2.75, 3.05) is 23.8 Å². The largest absolute Gasteiger partial charge is 0.486 e. The summed E-state index contributed by atoms with van der Waals surface area (Å²) in [5.74, 6) is 1.41. The first-order valence-corrected chi connectivity index (χ1v) is 9.21. The molecule has 0 fully saturated rings. The maximum Gasteiger partial charge on any atom is 0.254 e. The van der Waals surface area contributed by atoms with Crippen molar-refractivity contribution < 1.29 is 14.3 Å². The van der Waals surface area contributed by atoms with E-state index in [9.17, 15) is 4.79 Å². The van der Waals surface area contributed by atoms with Gasteiger partial charge in [0.25, 0.3) is 5.91 Å². The van der Waals surface area contributed by atoms with Crippen molar-refractivity contribution in [1.82, 2.24) is 19.7 Å². The van der Waals surface area contributed by atoms with Crippen LogP contribution >= 0.6 is 0 Å². The van der Waals surface area contributed by atoms with Crippen LogP contribution in [-0.4, -0.2) is 38.9 Å². The van der Waals surface area contributed by atoms with E-state index in [1.807, 2.05) is 31.3 Å². The van der Waals surface area contributed by atoms with Crippen molar-refractivity contribution in [3.63, 3.8) is 0 Å². The van der Waals surface area contributed by atoms with E-state index in [2.05, 4.69) is 25.7 Å². The van der Waals surface area contributed by atoms with E-state index in [1.165, 1.54) is 6.20 Å². The van der Waals surface area contributed by atoms with Crippen LogP contribution in [0.3, 0.4) is 0 Å². The number of nitrogens with two attached hydrogens (primary N) is 1. The molecule has 1 aromatic carbocycles. The van der Waals surface area contributed by atoms with E-state index in [-0.39, 0.29) is 5.56 Å². The molecule has 3 aromatic rings. The van der Waals surface area contributed by atoms with Gasteiger partial charge in [-0.25, -0.2) is 4.98 Å². The van der Waals surface area contributed by atoms with Crippen LogP contribution in [0.4, 0.5) is 17.5 Å². The second kappa shape index (κ2) is 8.05. The van der Waals surface area contributed by atoms with Gasteiger partial charge in [0.2, 0.25) is 5.95 Å². The normalized spacial score (nSPS) is 12.4. The summed E-state index contributed by atoms with van der Waals surface area (Å²) < 4.78 is 13.1. The minimum Gasteiger partial charge on any atom is -0.486 e. The first-order valence-electron chi connectivity index (χ1n) is 9.21. The third-order valence-corrected chi connectivity index (χ3v) is 4.36. The standard InChI is InChI=1S/C19H21N7O3/c1-2-26-11-13(9-23-26)24-19-22-10-14(17(20)27)18(25-19)21-8-12-4-3-5-15-16(12)29-7-6-28-15/h3-5,9-11H,2,6-8H2,1H3,(H2,20,27)(H2,21,22,24,25). The van der Waals surface area contributed by atoms with Gasteiger partial charge in [-0.15, -0.1) is 0 Å². The Hall–Kier alpha value is -3.82. The molecule has 0 saturated carbocycles. The van der Waals surface area contributed by atoms with Gasteiger partial charge in [0.1, 0.15) is 19.0 Å². The van der Waals surface area contributed by atoms with Crippen molar-refractivity contribution in [3.05, 3.63) is 47.9 Å². The number of benzene rings is 1. The number of primary amides is 1. The molecule has 1 aliphatic heterocycles. The highest BCUT2D eigenvalue weighted by atomic mass is 16.6. The zero-order valence-electron chi connectivity index (χ0n) is 15.9. The molecule has 1 aliphatic rings. The average Bonchev–Trinajstić information content (AvgIpc) is 3.19. The maximum atomic E-state index is 11.8. The Labute approximate surface area is 167 Å². The summed E-state index contributed by atoms with van der Waals surface area (Å²) >= 11 is 0. The summed E-state index contributed by atoms with van der Waals surface area (Å²) in [6.45, 7) is 4.13. The Morgan fingerprint density at radius 1 is 1.28 bits per heavy atom. The summed E-state index contributed by atoms with van der Waals surface area (Å²) in [6.07, 6.45) is 4.91. The molecule has 29 heavy (non-hydrogen) atoms. The van der Waals surface area contributed by atoms with Gasteiger partial charge >= 0.3 is 0 Å². The number of hydrogen-bond acceptors (Lipinski definition) is 8. The van der Waals surface area contributed by atoms with Gasteiger partial charge in [0, 0.05) is 31.0 Å². The molecule has 10 nitrogen and oxygen atoms in total. The lowest BCUT2D eigenvalue weighted by Gasteiger charge is -2.21. The summed E-state index contributed by atoms with van der Waals surface area (Å²) in [5.41, 5.74) is 7.30. The van der Waals surface area contributed by atoms with Gasteiger partial charge in [-0.3, -0.25) is 9.48 Å². The predicted octanol–water partition coefficient (Wildman–Crippen LogP) is 1.92. The van der Waals surface area contributed by atoms with Crippen LogP contribution in [-0.2, 0) is 13.1 Å². The SMILES string of the molecule is CCn1cc(Nc2ncc(C(N)=O)c(NCc3cccc4c3OCCO4)n2)cn1. The van der Waals surface area contributed by atoms with Crippen molar-refractivity contribution in [3.8, 4) is 11.5 Å². The Balaban J connectivity index is 1.56. The third kappa shape index (κ3) is 4.05. The van der Waals surface area contributed by atoms with E-state index in [0.717, 1.165) is 17.8 Å². The lowest BCUT2D eigenvalue weighted by Crippen LogP contribution is -2.19. The van der Waals surface area contributed by atoms with Crippen LogP contribution in [0.25, 0.3) is 0 Å². The van der Waals surface area contributed by atoms with Gasteiger partial charge in [0.15, 0.2) is 11.5 Å². The molecular formula is C19H21N7O3. The number of nitrogens with zero attached hydrogens (tertiary/aromatic N) is 4. The first-order chi connectivity index (χ1) is 14.1.